The number of Topliss-reactive ketones (excluding diaryl/α,β-unsaturated/α-hetero) is 1. The van der Waals surface area contributed by atoms with Crippen molar-refractivity contribution in [2.45, 2.75) is 25.8 Å². The maximum atomic E-state index is 11.4. The monoisotopic (exact) mass is 165 g/mol. The molecule has 0 aromatic carbocycles. The molecule has 1 heterocycles. The summed E-state index contributed by atoms with van der Waals surface area (Å²) in [5.74, 6) is 0.563. The third-order valence-corrected chi connectivity index (χ3v) is 2.32. The lowest BCUT2D eigenvalue weighted by atomic mass is 9.82. The Labute approximate surface area is 70.6 Å². The topological polar surface area (TPSA) is 47.8 Å². The van der Waals surface area contributed by atoms with Gasteiger partial charge in [-0.2, -0.15) is 15.0 Å². The van der Waals surface area contributed by atoms with E-state index in [9.17, 15) is 4.79 Å². The predicted molar refractivity (Wildman–Crippen MR) is 42.4 cm³/mol. The number of carbonyl (C=O) groups is 1. The molecule has 12 heavy (non-hydrogen) atoms. The molecule has 1 fully saturated rings. The summed E-state index contributed by atoms with van der Waals surface area (Å²) < 4.78 is 0. The molecule has 1 aromatic heterocycles. The molecule has 0 spiro atoms. The fourth-order valence-corrected chi connectivity index (χ4v) is 1.32. The lowest BCUT2D eigenvalue weighted by Gasteiger charge is -2.23. The molecule has 1 aliphatic carbocycles. The van der Waals surface area contributed by atoms with Crippen LogP contribution in [0.2, 0.25) is 0 Å². The molecule has 0 unspecified atom stereocenters. The molecule has 0 saturated heterocycles. The van der Waals surface area contributed by atoms with Crippen LogP contribution in [0.25, 0.3) is 0 Å². The Hall–Kier alpha value is -1.19. The lowest BCUT2D eigenvalue weighted by molar-refractivity contribution is -0.126. The lowest BCUT2D eigenvalue weighted by Crippen LogP contribution is -2.26. The van der Waals surface area contributed by atoms with Gasteiger partial charge in [0, 0.05) is 5.92 Å². The van der Waals surface area contributed by atoms with Crippen LogP contribution in [0.4, 0.5) is 0 Å². The Bertz CT molecular complexity index is 264. The number of rotatable bonds is 3. The van der Waals surface area contributed by atoms with Crippen LogP contribution in [0.5, 0.6) is 0 Å². The largest absolute Gasteiger partial charge is 0.297 e. The first-order valence-corrected chi connectivity index (χ1v) is 4.23. The van der Waals surface area contributed by atoms with Gasteiger partial charge < -0.3 is 0 Å². The van der Waals surface area contributed by atoms with Gasteiger partial charge in [-0.3, -0.25) is 4.79 Å². The number of carbonyl (C=O) groups excluding carboxylic acids is 1. The van der Waals surface area contributed by atoms with E-state index in [1.54, 1.807) is 12.4 Å². The van der Waals surface area contributed by atoms with Crippen LogP contribution in [0.1, 0.15) is 19.3 Å². The summed E-state index contributed by atoms with van der Waals surface area (Å²) in [5, 5.41) is 7.76. The standard InChI is InChI=1S/C8H11N3O/c12-8(7-2-1-3-7)6-11-9-4-5-10-11/h4-5,7H,1-3,6H2. The average molecular weight is 165 g/mol. The normalized spacial score (nSPS) is 17.3. The first-order chi connectivity index (χ1) is 5.86. The molecule has 4 nitrogen and oxygen atoms in total. The molecule has 0 bridgehead atoms. The molecule has 0 N–H and O–H groups in total. The van der Waals surface area contributed by atoms with E-state index in [2.05, 4.69) is 10.2 Å². The summed E-state index contributed by atoms with van der Waals surface area (Å²) in [4.78, 5) is 12.8. The summed E-state index contributed by atoms with van der Waals surface area (Å²) in [6, 6.07) is 0. The van der Waals surface area contributed by atoms with Gasteiger partial charge in [0.25, 0.3) is 0 Å². The molecule has 0 atom stereocenters. The van der Waals surface area contributed by atoms with Gasteiger partial charge in [0.05, 0.1) is 12.4 Å². The van der Waals surface area contributed by atoms with Crippen molar-refractivity contribution in [1.82, 2.24) is 15.0 Å². The molecule has 0 amide bonds. The van der Waals surface area contributed by atoms with Gasteiger partial charge in [-0.25, -0.2) is 0 Å². The second-order valence-corrected chi connectivity index (χ2v) is 3.15. The van der Waals surface area contributed by atoms with Crippen LogP contribution >= 0.6 is 0 Å². The Kier molecular flexibility index (Phi) is 1.89. The predicted octanol–water partition coefficient (Wildman–Crippen LogP) is 0.647. The van der Waals surface area contributed by atoms with E-state index in [0.717, 1.165) is 12.8 Å². The van der Waals surface area contributed by atoms with Crippen molar-refractivity contribution in [2.24, 2.45) is 5.92 Å². The van der Waals surface area contributed by atoms with Crippen LogP contribution in [-0.2, 0) is 11.3 Å². The Morgan fingerprint density at radius 1 is 1.42 bits per heavy atom. The second-order valence-electron chi connectivity index (χ2n) is 3.15. The Morgan fingerprint density at radius 3 is 2.58 bits per heavy atom. The van der Waals surface area contributed by atoms with Gasteiger partial charge >= 0.3 is 0 Å². The van der Waals surface area contributed by atoms with Gasteiger partial charge in [0.15, 0.2) is 5.78 Å². The minimum atomic E-state index is 0.275. The van der Waals surface area contributed by atoms with Crippen molar-refractivity contribution in [2.75, 3.05) is 0 Å². The molecule has 1 aliphatic rings. The van der Waals surface area contributed by atoms with Gasteiger partial charge in [-0.1, -0.05) is 6.42 Å². The molecular formula is C8H11N3O. The van der Waals surface area contributed by atoms with Crippen LogP contribution < -0.4 is 0 Å². The highest BCUT2D eigenvalue weighted by Gasteiger charge is 2.25. The van der Waals surface area contributed by atoms with E-state index in [-0.39, 0.29) is 11.7 Å². The highest BCUT2D eigenvalue weighted by Crippen LogP contribution is 2.27. The highest BCUT2D eigenvalue weighted by atomic mass is 16.1. The first kappa shape index (κ1) is 7.46. The molecule has 64 valence electrons. The minimum Gasteiger partial charge on any atom is -0.297 e. The van der Waals surface area contributed by atoms with Crippen molar-refractivity contribution in [3.05, 3.63) is 12.4 Å². The van der Waals surface area contributed by atoms with Crippen molar-refractivity contribution < 1.29 is 4.79 Å². The molecule has 4 heteroatoms. The summed E-state index contributed by atoms with van der Waals surface area (Å²) in [6.45, 7) is 0.345. The van der Waals surface area contributed by atoms with Gasteiger partial charge in [-0.05, 0) is 12.8 Å². The minimum absolute atomic E-state index is 0.275. The van der Waals surface area contributed by atoms with Crippen molar-refractivity contribution in [1.29, 1.82) is 0 Å². The van der Waals surface area contributed by atoms with E-state index in [0.29, 0.717) is 6.54 Å². The molecule has 1 saturated carbocycles. The number of hydrogen-bond donors (Lipinski definition) is 0. The van der Waals surface area contributed by atoms with Crippen molar-refractivity contribution in [3.63, 3.8) is 0 Å². The third-order valence-electron chi connectivity index (χ3n) is 2.32. The van der Waals surface area contributed by atoms with E-state index in [1.807, 2.05) is 0 Å². The van der Waals surface area contributed by atoms with Crippen molar-refractivity contribution >= 4 is 5.78 Å². The van der Waals surface area contributed by atoms with Crippen LogP contribution in [0.15, 0.2) is 12.4 Å². The van der Waals surface area contributed by atoms with Gasteiger partial charge in [-0.15, -0.1) is 0 Å². The fourth-order valence-electron chi connectivity index (χ4n) is 1.32. The second kappa shape index (κ2) is 3.05. The summed E-state index contributed by atoms with van der Waals surface area (Å²) >= 11 is 0. The maximum Gasteiger partial charge on any atom is 0.159 e. The van der Waals surface area contributed by atoms with Crippen molar-refractivity contribution in [3.8, 4) is 0 Å². The van der Waals surface area contributed by atoms with E-state index in [4.69, 9.17) is 0 Å². The molecule has 0 radical (unpaired) electrons. The zero-order valence-electron chi connectivity index (χ0n) is 6.81. The SMILES string of the molecule is O=C(Cn1nccn1)C1CCC1. The highest BCUT2D eigenvalue weighted by molar-refractivity contribution is 5.81. The van der Waals surface area contributed by atoms with Crippen LogP contribution in [0.3, 0.4) is 0 Å². The molecule has 0 aliphatic heterocycles. The van der Waals surface area contributed by atoms with Gasteiger partial charge in [0.2, 0.25) is 0 Å². The quantitative estimate of drug-likeness (QED) is 0.660. The number of nitrogens with zero attached hydrogens (tertiary/aromatic N) is 3. The summed E-state index contributed by atoms with van der Waals surface area (Å²) in [7, 11) is 0. The zero-order chi connectivity index (χ0) is 8.39. The van der Waals surface area contributed by atoms with Crippen LogP contribution in [-0.4, -0.2) is 20.8 Å². The number of hydrogen-bond acceptors (Lipinski definition) is 3. The summed E-state index contributed by atoms with van der Waals surface area (Å²) in [6.07, 6.45) is 6.49. The van der Waals surface area contributed by atoms with Crippen LogP contribution in [0, 0.1) is 5.92 Å². The van der Waals surface area contributed by atoms with E-state index >= 15 is 0 Å². The molecular weight excluding hydrogens is 154 g/mol. The first-order valence-electron chi connectivity index (χ1n) is 4.23. The average Bonchev–Trinajstić information content (AvgIpc) is 2.34. The zero-order valence-corrected chi connectivity index (χ0v) is 6.81. The number of ketones is 1. The Morgan fingerprint density at radius 2 is 2.08 bits per heavy atom. The van der Waals surface area contributed by atoms with Gasteiger partial charge in [0.1, 0.15) is 6.54 Å². The summed E-state index contributed by atoms with van der Waals surface area (Å²) in [5.41, 5.74) is 0. The smallest absolute Gasteiger partial charge is 0.159 e. The molecule has 1 aromatic rings. The fraction of sp³-hybridized carbons (Fsp3) is 0.625. The number of aromatic nitrogens is 3. The Balaban J connectivity index is 1.90. The maximum absolute atomic E-state index is 11.4. The van der Waals surface area contributed by atoms with E-state index in [1.165, 1.54) is 11.2 Å². The van der Waals surface area contributed by atoms with E-state index < -0.39 is 0 Å². The third kappa shape index (κ3) is 1.37. The molecule has 2 rings (SSSR count).